The molecule has 1 aliphatic heterocycles. The number of halogens is 1. The minimum Gasteiger partial charge on any atom is -0.493 e. The molecular formula is C37H32BrN3O4S. The van der Waals surface area contributed by atoms with Gasteiger partial charge in [0.25, 0.3) is 5.91 Å². The highest BCUT2D eigenvalue weighted by atomic mass is 79.9. The van der Waals surface area contributed by atoms with E-state index in [-0.39, 0.29) is 24.2 Å². The van der Waals surface area contributed by atoms with Crippen LogP contribution in [0.5, 0.6) is 11.5 Å². The highest BCUT2D eigenvalue weighted by Crippen LogP contribution is 2.49. The summed E-state index contributed by atoms with van der Waals surface area (Å²) in [6.07, 6.45) is 1.01. The number of carbonyl (C=O) groups excluding carboxylic acids is 2. The number of amides is 1. The van der Waals surface area contributed by atoms with Gasteiger partial charge in [0.15, 0.2) is 17.3 Å². The van der Waals surface area contributed by atoms with Crippen LogP contribution in [-0.2, 0) is 17.9 Å². The number of rotatable bonds is 9. The number of nitriles is 1. The van der Waals surface area contributed by atoms with Crippen molar-refractivity contribution in [3.63, 3.8) is 0 Å². The molecule has 0 fully saturated rings. The van der Waals surface area contributed by atoms with Gasteiger partial charge in [-0.05, 0) is 87.6 Å². The first kappa shape index (κ1) is 31.5. The van der Waals surface area contributed by atoms with Gasteiger partial charge in [-0.25, -0.2) is 0 Å². The zero-order valence-corrected chi connectivity index (χ0v) is 27.9. The van der Waals surface area contributed by atoms with E-state index in [1.54, 1.807) is 24.5 Å². The van der Waals surface area contributed by atoms with Crippen LogP contribution in [0.1, 0.15) is 63.5 Å². The maximum Gasteiger partial charge on any atom is 0.251 e. The Morgan fingerprint density at radius 2 is 1.89 bits per heavy atom. The zero-order chi connectivity index (χ0) is 32.2. The van der Waals surface area contributed by atoms with Gasteiger partial charge in [0, 0.05) is 39.8 Å². The van der Waals surface area contributed by atoms with Crippen LogP contribution in [0.25, 0.3) is 0 Å². The Kier molecular flexibility index (Phi) is 9.48. The van der Waals surface area contributed by atoms with Gasteiger partial charge in [0.1, 0.15) is 6.61 Å². The number of nitrogens with zero attached hydrogens (tertiary/aromatic N) is 2. The first-order chi connectivity index (χ1) is 22.4. The van der Waals surface area contributed by atoms with Gasteiger partial charge in [0.05, 0.1) is 30.1 Å². The van der Waals surface area contributed by atoms with E-state index in [1.165, 1.54) is 0 Å². The number of ketones is 1. The summed E-state index contributed by atoms with van der Waals surface area (Å²) >= 11 is 5.27. The van der Waals surface area contributed by atoms with Crippen molar-refractivity contribution in [1.29, 1.82) is 5.26 Å². The molecule has 3 atom stereocenters. The topological polar surface area (TPSA) is 101 Å². The number of aliphatic imine (C=N–C) groups is 1. The Morgan fingerprint density at radius 1 is 1.07 bits per heavy atom. The predicted octanol–water partition coefficient (Wildman–Crippen LogP) is 8.13. The van der Waals surface area contributed by atoms with Crippen molar-refractivity contribution in [3.8, 4) is 17.6 Å². The van der Waals surface area contributed by atoms with Crippen LogP contribution in [0.15, 0.2) is 105 Å². The fourth-order valence-corrected chi connectivity index (χ4v) is 7.47. The van der Waals surface area contributed by atoms with Gasteiger partial charge in [-0.2, -0.15) is 5.26 Å². The lowest BCUT2D eigenvalue weighted by Gasteiger charge is -2.35. The smallest absolute Gasteiger partial charge is 0.251 e. The Morgan fingerprint density at radius 3 is 2.63 bits per heavy atom. The van der Waals surface area contributed by atoms with Crippen molar-refractivity contribution < 1.29 is 19.1 Å². The Labute approximate surface area is 280 Å². The van der Waals surface area contributed by atoms with Crippen LogP contribution in [0.2, 0.25) is 0 Å². The molecule has 3 unspecified atom stereocenters. The van der Waals surface area contributed by atoms with Crippen LogP contribution < -0.4 is 14.8 Å². The van der Waals surface area contributed by atoms with Crippen LogP contribution in [-0.4, -0.2) is 24.5 Å². The molecule has 0 spiro atoms. The summed E-state index contributed by atoms with van der Waals surface area (Å²) in [6.45, 7) is 2.54. The van der Waals surface area contributed by atoms with Crippen molar-refractivity contribution in [2.75, 3.05) is 7.11 Å². The van der Waals surface area contributed by atoms with E-state index in [1.807, 2.05) is 73.0 Å². The third kappa shape index (κ3) is 6.55. The number of benzene rings is 3. The van der Waals surface area contributed by atoms with E-state index in [0.717, 1.165) is 27.3 Å². The fraction of sp³-hybridized carbons (Fsp3) is 0.243. The number of hydrogen-bond donors (Lipinski definition) is 1. The van der Waals surface area contributed by atoms with Crippen molar-refractivity contribution in [3.05, 3.63) is 127 Å². The molecule has 232 valence electrons. The summed E-state index contributed by atoms with van der Waals surface area (Å²) in [7, 11) is 1.56. The predicted molar refractivity (Wildman–Crippen MR) is 182 cm³/mol. The third-order valence-electron chi connectivity index (χ3n) is 8.49. The molecule has 46 heavy (non-hydrogen) atoms. The van der Waals surface area contributed by atoms with Crippen LogP contribution in [0.4, 0.5) is 0 Å². The van der Waals surface area contributed by atoms with Gasteiger partial charge in [-0.1, -0.05) is 48.5 Å². The molecule has 1 aliphatic carbocycles. The fourth-order valence-electron chi connectivity index (χ4n) is 6.25. The van der Waals surface area contributed by atoms with Gasteiger partial charge in [-0.3, -0.25) is 14.6 Å². The molecule has 3 aromatic carbocycles. The van der Waals surface area contributed by atoms with Gasteiger partial charge in [0.2, 0.25) is 0 Å². The molecule has 0 saturated carbocycles. The molecule has 0 bridgehead atoms. The molecule has 9 heteroatoms. The summed E-state index contributed by atoms with van der Waals surface area (Å²) in [5, 5.41) is 15.2. The highest BCUT2D eigenvalue weighted by Gasteiger charge is 2.42. The molecule has 2 aliphatic rings. The SMILES string of the molecule is COc1cc(C2C3=C(CC(c4ccccc4)CC3=O)N=C(C)C2C#N)cc(Br)c1OCc1cccc(C(=O)NCc2cccs2)c1. The monoisotopic (exact) mass is 693 g/mol. The Hall–Kier alpha value is -4.52. The Bertz CT molecular complexity index is 1880. The van der Waals surface area contributed by atoms with Crippen LogP contribution >= 0.6 is 27.3 Å². The first-order valence-corrected chi connectivity index (χ1v) is 16.7. The Balaban J connectivity index is 1.24. The maximum absolute atomic E-state index is 13.8. The number of ether oxygens (including phenoxy) is 2. The highest BCUT2D eigenvalue weighted by molar-refractivity contribution is 9.10. The lowest BCUT2D eigenvalue weighted by atomic mass is 9.69. The van der Waals surface area contributed by atoms with Crippen molar-refractivity contribution in [2.24, 2.45) is 10.9 Å². The zero-order valence-electron chi connectivity index (χ0n) is 25.5. The summed E-state index contributed by atoms with van der Waals surface area (Å²) in [5.41, 5.74) is 5.33. The van der Waals surface area contributed by atoms with E-state index in [4.69, 9.17) is 14.5 Å². The summed E-state index contributed by atoms with van der Waals surface area (Å²) in [6, 6.07) is 27.5. The van der Waals surface area contributed by atoms with E-state index < -0.39 is 11.8 Å². The molecule has 2 heterocycles. The number of methoxy groups -OCH3 is 1. The molecule has 1 N–H and O–H groups in total. The summed E-state index contributed by atoms with van der Waals surface area (Å²) in [5.74, 6) is -0.200. The number of Topliss-reactive ketones (excluding diaryl/α,β-unsaturated/α-hetero) is 1. The largest absolute Gasteiger partial charge is 0.493 e. The van der Waals surface area contributed by atoms with Crippen LogP contribution in [0, 0.1) is 17.2 Å². The second-order valence-electron chi connectivity index (χ2n) is 11.4. The maximum atomic E-state index is 13.8. The summed E-state index contributed by atoms with van der Waals surface area (Å²) in [4.78, 5) is 32.4. The molecule has 1 aromatic heterocycles. The minimum atomic E-state index is -0.590. The molecule has 0 radical (unpaired) electrons. The molecule has 0 saturated heterocycles. The van der Waals surface area contributed by atoms with E-state index in [9.17, 15) is 14.9 Å². The van der Waals surface area contributed by atoms with Crippen molar-refractivity contribution in [1.82, 2.24) is 5.32 Å². The second kappa shape index (κ2) is 13.9. The number of allylic oxidation sites excluding steroid dienone is 2. The lowest BCUT2D eigenvalue weighted by molar-refractivity contribution is -0.116. The second-order valence-corrected chi connectivity index (χ2v) is 13.3. The number of thiophene rings is 1. The van der Waals surface area contributed by atoms with E-state index in [2.05, 4.69) is 39.4 Å². The standard InChI is InChI=1S/C37H32BrN3O4S/c1-22-29(19-39)34(35-31(41-22)16-26(17-32(35)42)24-9-4-3-5-10-24)27-15-30(38)36(33(18-27)44-2)45-21-23-8-6-11-25(14-23)37(43)40-20-28-12-7-13-46-28/h3-15,18,26,29,34H,16-17,20-21H2,1-2H3,(H,40,43). The molecule has 7 nitrogen and oxygen atoms in total. The van der Waals surface area contributed by atoms with E-state index >= 15 is 0 Å². The molecule has 1 amide bonds. The number of nitrogens with one attached hydrogen (secondary N) is 1. The average Bonchev–Trinajstić information content (AvgIpc) is 3.60. The van der Waals surface area contributed by atoms with Gasteiger partial charge in [-0.15, -0.1) is 11.3 Å². The third-order valence-corrected chi connectivity index (χ3v) is 9.95. The van der Waals surface area contributed by atoms with Crippen molar-refractivity contribution >= 4 is 44.7 Å². The lowest BCUT2D eigenvalue weighted by Crippen LogP contribution is -2.32. The molecule has 6 rings (SSSR count). The first-order valence-electron chi connectivity index (χ1n) is 15.0. The normalized spacial score (nSPS) is 19.1. The van der Waals surface area contributed by atoms with E-state index in [0.29, 0.717) is 52.2 Å². The van der Waals surface area contributed by atoms with Gasteiger partial charge >= 0.3 is 0 Å². The van der Waals surface area contributed by atoms with Crippen LogP contribution in [0.3, 0.4) is 0 Å². The quantitative estimate of drug-likeness (QED) is 0.191. The van der Waals surface area contributed by atoms with Gasteiger partial charge < -0.3 is 14.8 Å². The van der Waals surface area contributed by atoms with Crippen molar-refractivity contribution in [2.45, 2.75) is 44.8 Å². The molecular weight excluding hydrogens is 662 g/mol. The average molecular weight is 695 g/mol. The molecule has 4 aromatic rings. The summed E-state index contributed by atoms with van der Waals surface area (Å²) < 4.78 is 12.6. The number of hydrogen-bond acceptors (Lipinski definition) is 7. The number of carbonyl (C=O) groups is 2. The minimum absolute atomic E-state index is 0.0197.